The van der Waals surface area contributed by atoms with Crippen LogP contribution in [0.15, 0.2) is 67.4 Å². The van der Waals surface area contributed by atoms with Crippen LogP contribution in [0.5, 0.6) is 0 Å². The molecule has 0 aliphatic rings. The molecular weight excluding hydrogens is 324 g/mol. The zero-order valence-corrected chi connectivity index (χ0v) is 14.3. The van der Waals surface area contributed by atoms with E-state index in [1.165, 1.54) is 16.5 Å². The van der Waals surface area contributed by atoms with Gasteiger partial charge in [0.2, 0.25) is 0 Å². The predicted octanol–water partition coefficient (Wildman–Crippen LogP) is 3.62. The van der Waals surface area contributed by atoms with E-state index >= 15 is 0 Å². The van der Waals surface area contributed by atoms with Crippen LogP contribution in [0.4, 0.5) is 11.6 Å². The maximum absolute atomic E-state index is 4.29. The molecule has 4 aromatic rings. The van der Waals surface area contributed by atoms with Crippen molar-refractivity contribution in [2.24, 2.45) is 0 Å². The van der Waals surface area contributed by atoms with Crippen molar-refractivity contribution >= 4 is 22.5 Å². The van der Waals surface area contributed by atoms with Crippen LogP contribution < -0.4 is 10.6 Å². The van der Waals surface area contributed by atoms with Crippen LogP contribution >= 0.6 is 0 Å². The lowest BCUT2D eigenvalue weighted by Crippen LogP contribution is -2.08. The normalized spacial score (nSPS) is 10.8. The first kappa shape index (κ1) is 16.1. The highest BCUT2D eigenvalue weighted by Gasteiger charge is 2.03. The highest BCUT2D eigenvalue weighted by Crippen LogP contribution is 2.18. The maximum Gasteiger partial charge on any atom is 0.131 e. The molecule has 0 atom stereocenters. The van der Waals surface area contributed by atoms with Gasteiger partial charge in [-0.05, 0) is 29.7 Å². The zero-order valence-electron chi connectivity index (χ0n) is 14.3. The van der Waals surface area contributed by atoms with E-state index in [1.807, 2.05) is 30.5 Å². The fourth-order valence-corrected chi connectivity index (χ4v) is 2.91. The number of nitrogens with one attached hydrogen (secondary N) is 3. The summed E-state index contributed by atoms with van der Waals surface area (Å²) in [5.41, 5.74) is 3.59. The van der Waals surface area contributed by atoms with Gasteiger partial charge in [-0.15, -0.1) is 0 Å². The van der Waals surface area contributed by atoms with Crippen molar-refractivity contribution in [3.63, 3.8) is 0 Å². The lowest BCUT2D eigenvalue weighted by Gasteiger charge is -2.08. The van der Waals surface area contributed by atoms with Crippen LogP contribution in [0, 0.1) is 0 Å². The van der Waals surface area contributed by atoms with Gasteiger partial charge in [0, 0.05) is 48.6 Å². The summed E-state index contributed by atoms with van der Waals surface area (Å²) < 4.78 is 0. The molecule has 0 bridgehead atoms. The molecule has 0 radical (unpaired) electrons. The summed E-state index contributed by atoms with van der Waals surface area (Å²) in [6.45, 7) is 1.49. The minimum absolute atomic E-state index is 0.680. The van der Waals surface area contributed by atoms with Crippen molar-refractivity contribution in [1.82, 2.24) is 19.9 Å². The van der Waals surface area contributed by atoms with Crippen LogP contribution in [-0.4, -0.2) is 26.5 Å². The van der Waals surface area contributed by atoms with Crippen molar-refractivity contribution in [2.45, 2.75) is 13.0 Å². The molecule has 3 heterocycles. The Hall–Kier alpha value is -3.41. The van der Waals surface area contributed by atoms with E-state index in [4.69, 9.17) is 0 Å². The van der Waals surface area contributed by atoms with Gasteiger partial charge in [0.05, 0.1) is 0 Å². The zero-order chi connectivity index (χ0) is 17.6. The molecule has 0 spiro atoms. The summed E-state index contributed by atoms with van der Waals surface area (Å²) in [5, 5.41) is 7.94. The number of nitrogens with zero attached hydrogens (tertiary/aromatic N) is 3. The van der Waals surface area contributed by atoms with E-state index in [1.54, 1.807) is 12.5 Å². The predicted molar refractivity (Wildman–Crippen MR) is 104 cm³/mol. The molecule has 0 amide bonds. The Morgan fingerprint density at radius 3 is 2.73 bits per heavy atom. The molecule has 1 aromatic carbocycles. The van der Waals surface area contributed by atoms with Crippen molar-refractivity contribution in [1.29, 1.82) is 0 Å². The van der Waals surface area contributed by atoms with E-state index in [0.717, 1.165) is 30.2 Å². The van der Waals surface area contributed by atoms with Gasteiger partial charge >= 0.3 is 0 Å². The van der Waals surface area contributed by atoms with Crippen LogP contribution in [0.2, 0.25) is 0 Å². The van der Waals surface area contributed by atoms with Gasteiger partial charge in [0.1, 0.15) is 18.0 Å². The highest BCUT2D eigenvalue weighted by molar-refractivity contribution is 5.83. The monoisotopic (exact) mass is 344 g/mol. The minimum Gasteiger partial charge on any atom is -0.370 e. The number of hydrogen-bond acceptors (Lipinski definition) is 5. The standard InChI is InChI=1S/C20H20N6/c1-2-6-18-17(5-1)16(13-23-18)7-9-22-19-10-20(26-14-25-19)24-12-15-4-3-8-21-11-15/h1-6,8,10-11,13-14,23H,7,9,12H2,(H2,22,24,25,26). The van der Waals surface area contributed by atoms with E-state index in [-0.39, 0.29) is 0 Å². The first-order valence-electron chi connectivity index (χ1n) is 8.62. The van der Waals surface area contributed by atoms with Gasteiger partial charge in [0.25, 0.3) is 0 Å². The second kappa shape index (κ2) is 7.65. The first-order chi connectivity index (χ1) is 12.9. The second-order valence-electron chi connectivity index (χ2n) is 6.04. The Balaban J connectivity index is 1.33. The average molecular weight is 344 g/mol. The smallest absolute Gasteiger partial charge is 0.131 e. The fourth-order valence-electron chi connectivity index (χ4n) is 2.91. The number of aromatic nitrogens is 4. The third-order valence-electron chi connectivity index (χ3n) is 4.24. The summed E-state index contributed by atoms with van der Waals surface area (Å²) >= 11 is 0. The number of anilines is 2. The van der Waals surface area contributed by atoms with Gasteiger partial charge in [-0.3, -0.25) is 4.98 Å². The number of rotatable bonds is 7. The Morgan fingerprint density at radius 1 is 0.962 bits per heavy atom. The topological polar surface area (TPSA) is 78.5 Å². The SMILES string of the molecule is c1cncc(CNc2cc(NCCc3c[nH]c4ccccc34)ncn2)c1. The van der Waals surface area contributed by atoms with Gasteiger partial charge < -0.3 is 15.6 Å². The minimum atomic E-state index is 0.680. The molecule has 0 saturated heterocycles. The molecule has 3 N–H and O–H groups in total. The Kier molecular flexibility index (Phi) is 4.73. The van der Waals surface area contributed by atoms with Crippen LogP contribution in [-0.2, 0) is 13.0 Å². The third kappa shape index (κ3) is 3.80. The number of hydrogen-bond donors (Lipinski definition) is 3. The van der Waals surface area contributed by atoms with Crippen LogP contribution in [0.1, 0.15) is 11.1 Å². The first-order valence-corrected chi connectivity index (χ1v) is 8.62. The summed E-state index contributed by atoms with van der Waals surface area (Å²) in [4.78, 5) is 16.0. The molecule has 4 rings (SSSR count). The summed E-state index contributed by atoms with van der Waals surface area (Å²) in [7, 11) is 0. The average Bonchev–Trinajstić information content (AvgIpc) is 3.11. The van der Waals surface area contributed by atoms with Crippen molar-refractivity contribution in [3.05, 3.63) is 78.5 Å². The number of para-hydroxylation sites is 1. The number of aromatic amines is 1. The molecule has 0 fully saturated rings. The maximum atomic E-state index is 4.29. The summed E-state index contributed by atoms with van der Waals surface area (Å²) in [6, 6.07) is 14.2. The van der Waals surface area contributed by atoms with Gasteiger partial charge in [-0.2, -0.15) is 0 Å². The quantitative estimate of drug-likeness (QED) is 0.477. The molecule has 6 heteroatoms. The lowest BCUT2D eigenvalue weighted by atomic mass is 10.1. The number of fused-ring (bicyclic) bond motifs is 1. The summed E-state index contributed by atoms with van der Waals surface area (Å²) in [5.74, 6) is 1.60. The van der Waals surface area contributed by atoms with Crippen molar-refractivity contribution < 1.29 is 0 Å². The Morgan fingerprint density at radius 2 is 1.85 bits per heavy atom. The number of pyridine rings is 1. The molecule has 0 saturated carbocycles. The molecule has 0 aliphatic carbocycles. The molecule has 130 valence electrons. The largest absolute Gasteiger partial charge is 0.370 e. The molecule has 0 aliphatic heterocycles. The Bertz CT molecular complexity index is 980. The summed E-state index contributed by atoms with van der Waals surface area (Å²) in [6.07, 6.45) is 8.18. The van der Waals surface area contributed by atoms with E-state index in [9.17, 15) is 0 Å². The molecule has 6 nitrogen and oxygen atoms in total. The highest BCUT2D eigenvalue weighted by atomic mass is 15.1. The van der Waals surface area contributed by atoms with E-state index < -0.39 is 0 Å². The van der Waals surface area contributed by atoms with Crippen LogP contribution in [0.3, 0.4) is 0 Å². The number of H-pyrrole nitrogens is 1. The third-order valence-corrected chi connectivity index (χ3v) is 4.24. The molecule has 0 unspecified atom stereocenters. The van der Waals surface area contributed by atoms with Gasteiger partial charge in [0.15, 0.2) is 0 Å². The van der Waals surface area contributed by atoms with Gasteiger partial charge in [-0.1, -0.05) is 24.3 Å². The van der Waals surface area contributed by atoms with Gasteiger partial charge in [-0.25, -0.2) is 9.97 Å². The Labute approximate surface area is 151 Å². The van der Waals surface area contributed by atoms with Crippen molar-refractivity contribution in [2.75, 3.05) is 17.2 Å². The number of benzene rings is 1. The lowest BCUT2D eigenvalue weighted by molar-refractivity contribution is 1.00. The molecule has 26 heavy (non-hydrogen) atoms. The molecule has 3 aromatic heterocycles. The van der Waals surface area contributed by atoms with Crippen molar-refractivity contribution in [3.8, 4) is 0 Å². The second-order valence-corrected chi connectivity index (χ2v) is 6.04. The fraction of sp³-hybridized carbons (Fsp3) is 0.150. The molecular formula is C20H20N6. The van der Waals surface area contributed by atoms with Crippen LogP contribution in [0.25, 0.3) is 10.9 Å². The van der Waals surface area contributed by atoms with E-state index in [0.29, 0.717) is 6.54 Å². The van der Waals surface area contributed by atoms with E-state index in [2.05, 4.69) is 55.0 Å².